The summed E-state index contributed by atoms with van der Waals surface area (Å²) in [7, 11) is 0. The van der Waals surface area contributed by atoms with Crippen LogP contribution in [0.1, 0.15) is 39.0 Å². The van der Waals surface area contributed by atoms with Crippen LogP contribution in [0.2, 0.25) is 5.15 Å². The summed E-state index contributed by atoms with van der Waals surface area (Å²) in [4.78, 5) is 23.9. The standard InChI is InChI=1S/C22H27ClN6O/c1-2-9-25-22(30)28-16-7-5-15(6-8-16)27-20-12-14(11-19(23)29-20)18-13-26-21-17(18)4-3-10-24-21/h3-4,10-13,15-16H,2,5-9H2,1H3,(H,24,26)(H,27,29)(H2,25,28,30). The average Bonchev–Trinajstić information content (AvgIpc) is 3.17. The van der Waals surface area contributed by atoms with E-state index in [1.54, 1.807) is 6.20 Å². The lowest BCUT2D eigenvalue weighted by molar-refractivity contribution is 0.232. The molecular weight excluding hydrogens is 400 g/mol. The van der Waals surface area contributed by atoms with Crippen molar-refractivity contribution in [3.63, 3.8) is 0 Å². The van der Waals surface area contributed by atoms with Crippen LogP contribution in [-0.2, 0) is 0 Å². The van der Waals surface area contributed by atoms with Crippen LogP contribution in [0, 0.1) is 0 Å². The molecule has 8 heteroatoms. The van der Waals surface area contributed by atoms with Gasteiger partial charge in [-0.05, 0) is 61.9 Å². The second kappa shape index (κ2) is 9.34. The number of aromatic nitrogens is 3. The van der Waals surface area contributed by atoms with E-state index < -0.39 is 0 Å². The lowest BCUT2D eigenvalue weighted by Gasteiger charge is -2.30. The van der Waals surface area contributed by atoms with E-state index in [2.05, 4.69) is 30.9 Å². The molecule has 0 radical (unpaired) electrons. The van der Waals surface area contributed by atoms with Gasteiger partial charge in [0.05, 0.1) is 0 Å². The predicted octanol–water partition coefficient (Wildman–Crippen LogP) is 4.71. The number of urea groups is 1. The third-order valence-electron chi connectivity index (χ3n) is 5.51. The van der Waals surface area contributed by atoms with Gasteiger partial charge >= 0.3 is 6.03 Å². The number of aromatic amines is 1. The molecule has 3 aromatic heterocycles. The van der Waals surface area contributed by atoms with Gasteiger partial charge in [-0.3, -0.25) is 0 Å². The van der Waals surface area contributed by atoms with Crippen LogP contribution in [0.4, 0.5) is 10.6 Å². The van der Waals surface area contributed by atoms with E-state index in [-0.39, 0.29) is 12.1 Å². The minimum atomic E-state index is -0.0670. The molecule has 4 N–H and O–H groups in total. The molecule has 0 bridgehead atoms. The van der Waals surface area contributed by atoms with E-state index in [0.717, 1.165) is 60.1 Å². The first-order valence-corrected chi connectivity index (χ1v) is 10.9. The highest BCUT2D eigenvalue weighted by Gasteiger charge is 2.23. The van der Waals surface area contributed by atoms with Crippen molar-refractivity contribution in [1.29, 1.82) is 0 Å². The van der Waals surface area contributed by atoms with Crippen molar-refractivity contribution in [3.8, 4) is 11.1 Å². The number of halogens is 1. The van der Waals surface area contributed by atoms with Gasteiger partial charge in [-0.1, -0.05) is 18.5 Å². The summed E-state index contributed by atoms with van der Waals surface area (Å²) in [6, 6.07) is 8.34. The topological polar surface area (TPSA) is 94.7 Å². The number of carbonyl (C=O) groups excluding carboxylic acids is 1. The van der Waals surface area contributed by atoms with Gasteiger partial charge in [-0.2, -0.15) is 0 Å². The van der Waals surface area contributed by atoms with Gasteiger partial charge in [0.2, 0.25) is 0 Å². The second-order valence-electron chi connectivity index (χ2n) is 7.76. The van der Waals surface area contributed by atoms with Crippen molar-refractivity contribution in [2.75, 3.05) is 11.9 Å². The number of fused-ring (bicyclic) bond motifs is 1. The zero-order valence-electron chi connectivity index (χ0n) is 17.0. The molecule has 0 saturated heterocycles. The molecule has 0 aromatic carbocycles. The molecule has 1 fully saturated rings. The minimum absolute atomic E-state index is 0.0670. The van der Waals surface area contributed by atoms with Crippen molar-refractivity contribution < 1.29 is 4.79 Å². The highest BCUT2D eigenvalue weighted by atomic mass is 35.5. The van der Waals surface area contributed by atoms with Gasteiger partial charge in [-0.25, -0.2) is 14.8 Å². The van der Waals surface area contributed by atoms with Crippen LogP contribution in [0.25, 0.3) is 22.2 Å². The normalized spacial score (nSPS) is 18.9. The van der Waals surface area contributed by atoms with Gasteiger partial charge in [0.15, 0.2) is 0 Å². The quantitative estimate of drug-likeness (QED) is 0.429. The summed E-state index contributed by atoms with van der Waals surface area (Å²) in [6.07, 6.45) is 8.49. The van der Waals surface area contributed by atoms with Gasteiger partial charge in [0, 0.05) is 42.0 Å². The van der Waals surface area contributed by atoms with Crippen LogP contribution in [0.3, 0.4) is 0 Å². The Morgan fingerprint density at radius 2 is 2.03 bits per heavy atom. The largest absolute Gasteiger partial charge is 0.367 e. The zero-order chi connectivity index (χ0) is 20.9. The second-order valence-corrected chi connectivity index (χ2v) is 8.15. The number of hydrogen-bond acceptors (Lipinski definition) is 4. The lowest BCUT2D eigenvalue weighted by Crippen LogP contribution is -2.45. The molecule has 3 aromatic rings. The van der Waals surface area contributed by atoms with Gasteiger partial charge in [0.1, 0.15) is 16.6 Å². The minimum Gasteiger partial charge on any atom is -0.367 e. The van der Waals surface area contributed by atoms with E-state index in [1.165, 1.54) is 0 Å². The van der Waals surface area contributed by atoms with Crippen LogP contribution < -0.4 is 16.0 Å². The Kier molecular flexibility index (Phi) is 6.38. The Labute approximate surface area is 181 Å². The number of amides is 2. The Balaban J connectivity index is 1.40. The van der Waals surface area contributed by atoms with E-state index in [0.29, 0.717) is 17.7 Å². The first-order valence-electron chi connectivity index (χ1n) is 10.5. The Hall–Kier alpha value is -2.80. The van der Waals surface area contributed by atoms with Crippen molar-refractivity contribution >= 4 is 34.5 Å². The lowest BCUT2D eigenvalue weighted by atomic mass is 9.91. The first-order chi connectivity index (χ1) is 14.6. The van der Waals surface area contributed by atoms with E-state index >= 15 is 0 Å². The van der Waals surface area contributed by atoms with Crippen LogP contribution in [-0.4, -0.2) is 39.6 Å². The molecule has 4 rings (SSSR count). The number of H-pyrrole nitrogens is 1. The Morgan fingerprint density at radius 1 is 1.23 bits per heavy atom. The molecule has 1 aliphatic rings. The summed E-state index contributed by atoms with van der Waals surface area (Å²) in [5, 5.41) is 11.0. The summed E-state index contributed by atoms with van der Waals surface area (Å²) < 4.78 is 0. The fourth-order valence-corrected chi connectivity index (χ4v) is 4.20. The van der Waals surface area contributed by atoms with E-state index in [1.807, 2.05) is 37.4 Å². The number of rotatable bonds is 6. The van der Waals surface area contributed by atoms with E-state index in [4.69, 9.17) is 11.6 Å². The molecule has 1 aliphatic carbocycles. The molecule has 30 heavy (non-hydrogen) atoms. The number of carbonyl (C=O) groups is 1. The van der Waals surface area contributed by atoms with Crippen molar-refractivity contribution in [2.45, 2.75) is 51.1 Å². The molecule has 2 amide bonds. The van der Waals surface area contributed by atoms with Crippen LogP contribution in [0.5, 0.6) is 0 Å². The van der Waals surface area contributed by atoms with Gasteiger partial charge in [0.25, 0.3) is 0 Å². The third-order valence-corrected chi connectivity index (χ3v) is 5.70. The van der Waals surface area contributed by atoms with Crippen LogP contribution >= 0.6 is 11.6 Å². The molecule has 0 aliphatic heterocycles. The Bertz CT molecular complexity index is 1010. The summed E-state index contributed by atoms with van der Waals surface area (Å²) in [5.74, 6) is 0.771. The maximum Gasteiger partial charge on any atom is 0.315 e. The highest BCUT2D eigenvalue weighted by Crippen LogP contribution is 2.31. The molecule has 0 unspecified atom stereocenters. The first kappa shape index (κ1) is 20.5. The molecular formula is C22H27ClN6O. The molecule has 0 atom stereocenters. The van der Waals surface area contributed by atoms with Gasteiger partial charge in [-0.15, -0.1) is 0 Å². The number of hydrogen-bond donors (Lipinski definition) is 4. The monoisotopic (exact) mass is 426 g/mol. The predicted molar refractivity (Wildman–Crippen MR) is 121 cm³/mol. The highest BCUT2D eigenvalue weighted by molar-refractivity contribution is 6.29. The number of pyridine rings is 2. The molecule has 1 saturated carbocycles. The SMILES string of the molecule is CCCNC(=O)NC1CCC(Nc2cc(-c3c[nH]c4ncccc34)cc(Cl)n2)CC1. The molecule has 0 spiro atoms. The zero-order valence-corrected chi connectivity index (χ0v) is 17.8. The molecule has 3 heterocycles. The Morgan fingerprint density at radius 3 is 2.83 bits per heavy atom. The van der Waals surface area contributed by atoms with Gasteiger partial charge < -0.3 is 20.9 Å². The fraction of sp³-hybridized carbons (Fsp3) is 0.409. The summed E-state index contributed by atoms with van der Waals surface area (Å²) in [5.41, 5.74) is 2.90. The summed E-state index contributed by atoms with van der Waals surface area (Å²) in [6.45, 7) is 2.75. The van der Waals surface area contributed by atoms with Crippen molar-refractivity contribution in [2.24, 2.45) is 0 Å². The average molecular weight is 427 g/mol. The smallest absolute Gasteiger partial charge is 0.315 e. The number of anilines is 1. The van der Waals surface area contributed by atoms with Crippen molar-refractivity contribution in [3.05, 3.63) is 41.8 Å². The number of nitrogens with one attached hydrogen (secondary N) is 4. The van der Waals surface area contributed by atoms with E-state index in [9.17, 15) is 4.79 Å². The molecule has 7 nitrogen and oxygen atoms in total. The van der Waals surface area contributed by atoms with Crippen LogP contribution in [0.15, 0.2) is 36.7 Å². The maximum absolute atomic E-state index is 11.9. The maximum atomic E-state index is 11.9. The van der Waals surface area contributed by atoms with Crippen molar-refractivity contribution in [1.82, 2.24) is 25.6 Å². The number of nitrogens with zero attached hydrogens (tertiary/aromatic N) is 2. The third kappa shape index (κ3) is 4.84. The fourth-order valence-electron chi connectivity index (χ4n) is 3.99. The molecule has 158 valence electrons. The summed E-state index contributed by atoms with van der Waals surface area (Å²) >= 11 is 6.33.